The lowest BCUT2D eigenvalue weighted by Gasteiger charge is -2.30. The van der Waals surface area contributed by atoms with Crippen molar-refractivity contribution in [2.24, 2.45) is 11.3 Å². The van der Waals surface area contributed by atoms with Crippen molar-refractivity contribution in [2.75, 3.05) is 6.67 Å². The van der Waals surface area contributed by atoms with Crippen molar-refractivity contribution < 1.29 is 28.7 Å². The minimum absolute atomic E-state index is 0.179. The molecular weight excluding hydrogens is 427 g/mol. The number of benzene rings is 2. The fraction of sp³-hybridized carbons (Fsp3) is 0.360. The molecule has 7 nitrogen and oxygen atoms in total. The molecule has 33 heavy (non-hydrogen) atoms. The predicted octanol–water partition coefficient (Wildman–Crippen LogP) is 3.99. The molecule has 8 heteroatoms. The predicted molar refractivity (Wildman–Crippen MR) is 123 cm³/mol. The number of nitrogens with one attached hydrogen (secondary N) is 1. The van der Waals surface area contributed by atoms with E-state index in [1.165, 1.54) is 0 Å². The molecule has 0 aliphatic heterocycles. The second-order valence-electron chi connectivity index (χ2n) is 9.15. The van der Waals surface area contributed by atoms with E-state index in [2.05, 4.69) is 5.32 Å². The van der Waals surface area contributed by atoms with E-state index >= 15 is 0 Å². The van der Waals surface area contributed by atoms with E-state index in [1.807, 2.05) is 48.5 Å². The summed E-state index contributed by atoms with van der Waals surface area (Å²) in [6.07, 6.45) is -0.909. The Bertz CT molecular complexity index is 1170. The summed E-state index contributed by atoms with van der Waals surface area (Å²) >= 11 is 0. The molecule has 0 saturated carbocycles. The third-order valence-corrected chi connectivity index (χ3v) is 5.79. The highest BCUT2D eigenvalue weighted by Crippen LogP contribution is 2.33. The van der Waals surface area contributed by atoms with E-state index in [4.69, 9.17) is 5.11 Å². The second-order valence-corrected chi connectivity index (χ2v) is 9.15. The summed E-state index contributed by atoms with van der Waals surface area (Å²) < 4.78 is 14.5. The smallest absolute Gasteiger partial charge is 0.305 e. The van der Waals surface area contributed by atoms with E-state index in [9.17, 15) is 23.6 Å². The number of rotatable bonds is 8. The highest BCUT2D eigenvalue weighted by atomic mass is 19.1. The number of hydrogen-bond acceptors (Lipinski definition) is 4. The summed E-state index contributed by atoms with van der Waals surface area (Å²) in [4.78, 5) is 49.5. The summed E-state index contributed by atoms with van der Waals surface area (Å²) in [6.45, 7) is 3.94. The van der Waals surface area contributed by atoms with Crippen LogP contribution in [0.1, 0.15) is 38.4 Å². The Morgan fingerprint density at radius 2 is 1.45 bits per heavy atom. The molecule has 0 spiro atoms. The van der Waals surface area contributed by atoms with Gasteiger partial charge in [0.2, 0.25) is 11.8 Å². The molecule has 0 fully saturated rings. The zero-order valence-corrected chi connectivity index (χ0v) is 18.8. The number of fused-ring (bicyclic) bond motifs is 3. The second kappa shape index (κ2) is 9.52. The van der Waals surface area contributed by atoms with E-state index in [0.29, 0.717) is 11.0 Å². The van der Waals surface area contributed by atoms with Crippen molar-refractivity contribution in [1.82, 2.24) is 9.88 Å². The Morgan fingerprint density at radius 1 is 0.939 bits per heavy atom. The van der Waals surface area contributed by atoms with Crippen molar-refractivity contribution in [3.05, 3.63) is 48.5 Å². The monoisotopic (exact) mass is 454 g/mol. The Kier molecular flexibility index (Phi) is 6.95. The van der Waals surface area contributed by atoms with Gasteiger partial charge < -0.3 is 10.4 Å². The number of Topliss-reactive ketones (excluding diaryl/α,β-unsaturated/α-hetero) is 1. The number of carbonyl (C=O) groups excluding carboxylic acids is 3. The summed E-state index contributed by atoms with van der Waals surface area (Å²) in [5.41, 5.74) is 0.742. The number of carboxylic acid groups (broad SMARTS) is 1. The molecule has 1 heterocycles. The molecule has 2 atom stereocenters. The van der Waals surface area contributed by atoms with E-state index in [-0.39, 0.29) is 12.3 Å². The van der Waals surface area contributed by atoms with Gasteiger partial charge in [0.1, 0.15) is 12.7 Å². The van der Waals surface area contributed by atoms with Gasteiger partial charge in [-0.2, -0.15) is 0 Å². The molecule has 0 radical (unpaired) electrons. The maximum absolute atomic E-state index is 13.5. The highest BCUT2D eigenvalue weighted by molar-refractivity contribution is 6.13. The van der Waals surface area contributed by atoms with Crippen LogP contribution in [-0.4, -0.2) is 46.0 Å². The van der Waals surface area contributed by atoms with Crippen molar-refractivity contribution in [3.8, 4) is 0 Å². The van der Waals surface area contributed by atoms with Crippen LogP contribution in [0, 0.1) is 11.3 Å². The normalized spacial score (nSPS) is 13.6. The number of aromatic nitrogens is 1. The van der Waals surface area contributed by atoms with Gasteiger partial charge in [-0.05, 0) is 17.5 Å². The van der Waals surface area contributed by atoms with Crippen LogP contribution in [0.15, 0.2) is 48.5 Å². The zero-order chi connectivity index (χ0) is 24.3. The van der Waals surface area contributed by atoms with Crippen LogP contribution in [0.25, 0.3) is 21.8 Å². The minimum Gasteiger partial charge on any atom is -0.481 e. The fourth-order valence-electron chi connectivity index (χ4n) is 4.03. The summed E-state index contributed by atoms with van der Waals surface area (Å²) in [7, 11) is 0. The number of amides is 1. The van der Waals surface area contributed by atoms with Gasteiger partial charge in [0.15, 0.2) is 5.78 Å². The number of carboxylic acids is 1. The number of aliphatic carboxylic acids is 1. The molecule has 3 aromatic rings. The molecule has 0 aliphatic carbocycles. The molecule has 2 N–H and O–H groups in total. The summed E-state index contributed by atoms with van der Waals surface area (Å²) in [5, 5.41) is 13.2. The topological polar surface area (TPSA) is 105 Å². The van der Waals surface area contributed by atoms with E-state index in [0.717, 1.165) is 10.8 Å². The quantitative estimate of drug-likeness (QED) is 0.536. The Morgan fingerprint density at radius 3 is 1.91 bits per heavy atom. The van der Waals surface area contributed by atoms with Gasteiger partial charge in [-0.25, -0.2) is 4.39 Å². The molecule has 1 aromatic heterocycles. The zero-order valence-electron chi connectivity index (χ0n) is 18.8. The Labute approximate surface area is 190 Å². The molecule has 2 aromatic carbocycles. The Balaban J connectivity index is 1.96. The minimum atomic E-state index is -1.49. The average Bonchev–Trinajstić information content (AvgIpc) is 3.09. The van der Waals surface area contributed by atoms with Gasteiger partial charge >= 0.3 is 5.97 Å². The van der Waals surface area contributed by atoms with E-state index in [1.54, 1.807) is 25.3 Å². The van der Waals surface area contributed by atoms with E-state index < -0.39 is 48.1 Å². The Hall–Kier alpha value is -3.55. The van der Waals surface area contributed by atoms with Gasteiger partial charge in [-0.15, -0.1) is 0 Å². The van der Waals surface area contributed by atoms with Crippen LogP contribution in [0.2, 0.25) is 0 Å². The van der Waals surface area contributed by atoms with Gasteiger partial charge in [0.05, 0.1) is 23.4 Å². The maximum atomic E-state index is 13.5. The number of carbonyl (C=O) groups is 4. The third kappa shape index (κ3) is 5.10. The number of ketones is 1. The molecule has 0 aliphatic rings. The fourth-order valence-corrected chi connectivity index (χ4v) is 4.03. The molecule has 0 saturated heterocycles. The third-order valence-electron chi connectivity index (χ3n) is 5.79. The van der Waals surface area contributed by atoms with Crippen molar-refractivity contribution in [2.45, 2.75) is 39.7 Å². The van der Waals surface area contributed by atoms with Crippen molar-refractivity contribution in [1.29, 1.82) is 0 Å². The lowest BCUT2D eigenvalue weighted by atomic mass is 9.77. The van der Waals surface area contributed by atoms with Gasteiger partial charge in [-0.3, -0.25) is 23.7 Å². The highest BCUT2D eigenvalue weighted by Gasteiger charge is 2.36. The first-order chi connectivity index (χ1) is 15.5. The largest absolute Gasteiger partial charge is 0.481 e. The molecule has 3 rings (SSSR count). The lowest BCUT2D eigenvalue weighted by molar-refractivity contribution is -0.141. The van der Waals surface area contributed by atoms with Crippen LogP contribution in [0.3, 0.4) is 0 Å². The number of halogens is 1. The number of alkyl halides is 1. The first-order valence-corrected chi connectivity index (χ1v) is 10.7. The summed E-state index contributed by atoms with van der Waals surface area (Å²) in [5.74, 6) is -4.21. The molecular formula is C25H27FN2O5. The van der Waals surface area contributed by atoms with Gasteiger partial charge in [-0.1, -0.05) is 57.2 Å². The maximum Gasteiger partial charge on any atom is 0.305 e. The first-order valence-electron chi connectivity index (χ1n) is 10.7. The molecule has 1 unspecified atom stereocenters. The van der Waals surface area contributed by atoms with Gasteiger partial charge in [0, 0.05) is 17.2 Å². The molecule has 0 bridgehead atoms. The van der Waals surface area contributed by atoms with Crippen molar-refractivity contribution >= 4 is 45.4 Å². The standard InChI is InChI=1S/C25H27FN2O5/c1-25(2,3)17(24(33)27-18(13-23(31)32)21(29)14-26)12-22(30)28-19-10-6-4-8-15(19)16-9-5-7-11-20(16)28/h4-11,17-18H,12-14H2,1-3H3,(H,27,33)(H,31,32)/t17-,18?/m0/s1. The van der Waals surface area contributed by atoms with Crippen molar-refractivity contribution in [3.63, 3.8) is 0 Å². The van der Waals surface area contributed by atoms with Gasteiger partial charge in [0.25, 0.3) is 0 Å². The average molecular weight is 454 g/mol. The summed E-state index contributed by atoms with van der Waals surface area (Å²) in [6, 6.07) is 13.5. The van der Waals surface area contributed by atoms with Crippen LogP contribution in [-0.2, 0) is 14.4 Å². The molecule has 174 valence electrons. The number of hydrogen-bond donors (Lipinski definition) is 2. The van der Waals surface area contributed by atoms with Crippen LogP contribution < -0.4 is 5.32 Å². The van der Waals surface area contributed by atoms with Crippen LogP contribution in [0.5, 0.6) is 0 Å². The number of para-hydroxylation sites is 2. The SMILES string of the molecule is CC(C)(C)[C@@H](CC(=O)n1c2ccccc2c2ccccc21)C(=O)NC(CC(=O)O)C(=O)CF. The molecule has 1 amide bonds. The lowest BCUT2D eigenvalue weighted by Crippen LogP contribution is -2.48. The first kappa shape index (κ1) is 24.1. The van der Waals surface area contributed by atoms with Crippen LogP contribution in [0.4, 0.5) is 4.39 Å². The number of nitrogens with zero attached hydrogens (tertiary/aromatic N) is 1. The van der Waals surface area contributed by atoms with Crippen LogP contribution >= 0.6 is 0 Å².